The van der Waals surface area contributed by atoms with Gasteiger partial charge in [0.1, 0.15) is 0 Å². The van der Waals surface area contributed by atoms with Crippen LogP contribution in [0.3, 0.4) is 0 Å². The number of aryl methyl sites for hydroxylation is 1. The van der Waals surface area contributed by atoms with E-state index in [1.807, 2.05) is 19.1 Å². The van der Waals surface area contributed by atoms with E-state index in [9.17, 15) is 9.59 Å². The number of hydrogen-bond acceptors (Lipinski definition) is 3. The summed E-state index contributed by atoms with van der Waals surface area (Å²) in [6, 6.07) is 10.8. The summed E-state index contributed by atoms with van der Waals surface area (Å²) in [6.07, 6.45) is 5.71. The summed E-state index contributed by atoms with van der Waals surface area (Å²) < 4.78 is 0. The lowest BCUT2D eigenvalue weighted by Crippen LogP contribution is -2.36. The van der Waals surface area contributed by atoms with Crippen LogP contribution in [0, 0.1) is 6.92 Å². The summed E-state index contributed by atoms with van der Waals surface area (Å²) in [6.45, 7) is 1.97. The van der Waals surface area contributed by atoms with Gasteiger partial charge in [-0.05, 0) is 55.7 Å². The van der Waals surface area contributed by atoms with Gasteiger partial charge in [-0.2, -0.15) is 0 Å². The molecule has 3 rings (SSSR count). The number of amides is 2. The first-order valence-electron chi connectivity index (χ1n) is 9.83. The molecule has 7 heteroatoms. The Kier molecular flexibility index (Phi) is 7.40. The maximum atomic E-state index is 12.5. The molecule has 5 nitrogen and oxygen atoms in total. The van der Waals surface area contributed by atoms with Gasteiger partial charge in [-0.25, -0.2) is 0 Å². The summed E-state index contributed by atoms with van der Waals surface area (Å²) in [5.74, 6) is -0.285. The number of rotatable bonds is 6. The minimum atomic E-state index is -0.243. The molecule has 0 heterocycles. The summed E-state index contributed by atoms with van der Waals surface area (Å²) in [7, 11) is 0. The second-order valence-electron chi connectivity index (χ2n) is 7.34. The highest BCUT2D eigenvalue weighted by Crippen LogP contribution is 2.29. The van der Waals surface area contributed by atoms with Crippen LogP contribution in [0.2, 0.25) is 10.0 Å². The Hall–Kier alpha value is -2.24. The fraction of sp³-hybridized carbons (Fsp3) is 0.364. The molecule has 2 aromatic carbocycles. The van der Waals surface area contributed by atoms with Gasteiger partial charge in [-0.1, -0.05) is 48.5 Å². The van der Waals surface area contributed by atoms with Crippen molar-refractivity contribution >= 4 is 46.4 Å². The topological polar surface area (TPSA) is 70.2 Å². The SMILES string of the molecule is Cc1cc(C(=O)NC2CCCCC2)ccc1NCC(=O)Nc1cccc(Cl)c1Cl. The largest absolute Gasteiger partial charge is 0.376 e. The van der Waals surface area contributed by atoms with Crippen LogP contribution in [0.25, 0.3) is 0 Å². The van der Waals surface area contributed by atoms with Crippen LogP contribution in [0.15, 0.2) is 36.4 Å². The molecule has 0 spiro atoms. The normalized spacial score (nSPS) is 14.3. The van der Waals surface area contributed by atoms with E-state index in [2.05, 4.69) is 16.0 Å². The molecule has 0 unspecified atom stereocenters. The zero-order chi connectivity index (χ0) is 20.8. The van der Waals surface area contributed by atoms with Crippen molar-refractivity contribution in [3.05, 3.63) is 57.6 Å². The Morgan fingerprint density at radius 2 is 1.79 bits per heavy atom. The Morgan fingerprint density at radius 3 is 2.52 bits per heavy atom. The van der Waals surface area contributed by atoms with E-state index in [-0.39, 0.29) is 24.4 Å². The van der Waals surface area contributed by atoms with Crippen molar-refractivity contribution in [3.63, 3.8) is 0 Å². The lowest BCUT2D eigenvalue weighted by Gasteiger charge is -2.23. The van der Waals surface area contributed by atoms with Gasteiger partial charge in [0.2, 0.25) is 5.91 Å². The maximum Gasteiger partial charge on any atom is 0.251 e. The second kappa shape index (κ2) is 9.99. The van der Waals surface area contributed by atoms with Crippen molar-refractivity contribution in [2.45, 2.75) is 45.1 Å². The standard InChI is InChI=1S/C22H25Cl2N3O2/c1-14-12-15(22(29)26-16-6-3-2-4-7-16)10-11-18(14)25-13-20(28)27-19-9-5-8-17(23)21(19)24/h5,8-12,16,25H,2-4,6-7,13H2,1H3,(H,26,29)(H,27,28). The number of benzene rings is 2. The van der Waals surface area contributed by atoms with E-state index >= 15 is 0 Å². The zero-order valence-corrected chi connectivity index (χ0v) is 17.9. The van der Waals surface area contributed by atoms with Crippen molar-refractivity contribution in [3.8, 4) is 0 Å². The van der Waals surface area contributed by atoms with Crippen molar-refractivity contribution in [2.24, 2.45) is 0 Å². The van der Waals surface area contributed by atoms with Gasteiger partial charge in [0.05, 0.1) is 22.3 Å². The van der Waals surface area contributed by atoms with Crippen molar-refractivity contribution in [1.82, 2.24) is 5.32 Å². The first-order chi connectivity index (χ1) is 13.9. The number of carbonyl (C=O) groups excluding carboxylic acids is 2. The average molecular weight is 434 g/mol. The van der Waals surface area contributed by atoms with Crippen LogP contribution in [0.5, 0.6) is 0 Å². The lowest BCUT2D eigenvalue weighted by atomic mass is 9.95. The molecule has 1 saturated carbocycles. The molecule has 0 saturated heterocycles. The van der Waals surface area contributed by atoms with Crippen LogP contribution in [0.4, 0.5) is 11.4 Å². The fourth-order valence-electron chi connectivity index (χ4n) is 3.49. The highest BCUT2D eigenvalue weighted by Gasteiger charge is 2.17. The second-order valence-corrected chi connectivity index (χ2v) is 8.13. The van der Waals surface area contributed by atoms with Crippen molar-refractivity contribution < 1.29 is 9.59 Å². The molecule has 0 radical (unpaired) electrons. The van der Waals surface area contributed by atoms with Crippen LogP contribution in [0.1, 0.15) is 48.0 Å². The molecule has 2 amide bonds. The number of nitrogens with one attached hydrogen (secondary N) is 3. The van der Waals surface area contributed by atoms with E-state index in [1.54, 1.807) is 24.3 Å². The van der Waals surface area contributed by atoms with Gasteiger partial charge in [0.15, 0.2) is 0 Å². The molecule has 0 aromatic heterocycles. The maximum absolute atomic E-state index is 12.5. The van der Waals surface area contributed by atoms with E-state index < -0.39 is 0 Å². The molecule has 0 bridgehead atoms. The van der Waals surface area contributed by atoms with E-state index in [0.717, 1.165) is 24.1 Å². The van der Waals surface area contributed by atoms with Gasteiger partial charge in [-0.3, -0.25) is 9.59 Å². The molecule has 0 aliphatic heterocycles. The molecule has 1 aliphatic carbocycles. The minimum absolute atomic E-state index is 0.0418. The summed E-state index contributed by atoms with van der Waals surface area (Å²) in [5, 5.41) is 9.65. The fourth-order valence-corrected chi connectivity index (χ4v) is 3.84. The van der Waals surface area contributed by atoms with E-state index in [0.29, 0.717) is 21.3 Å². The molecule has 2 aromatic rings. The van der Waals surface area contributed by atoms with Gasteiger partial charge in [-0.15, -0.1) is 0 Å². The Balaban J connectivity index is 1.55. The van der Waals surface area contributed by atoms with Crippen molar-refractivity contribution in [2.75, 3.05) is 17.2 Å². The molecule has 0 atom stereocenters. The molecule has 1 aliphatic rings. The van der Waals surface area contributed by atoms with Crippen LogP contribution < -0.4 is 16.0 Å². The minimum Gasteiger partial charge on any atom is -0.376 e. The molecule has 29 heavy (non-hydrogen) atoms. The number of hydrogen-bond donors (Lipinski definition) is 3. The third-order valence-corrected chi connectivity index (χ3v) is 5.91. The Bertz CT molecular complexity index is 896. The number of carbonyl (C=O) groups is 2. The summed E-state index contributed by atoms with van der Waals surface area (Å²) in [5.41, 5.74) is 2.80. The summed E-state index contributed by atoms with van der Waals surface area (Å²) >= 11 is 12.1. The first kappa shape index (κ1) is 21.5. The smallest absolute Gasteiger partial charge is 0.251 e. The Labute approximate surface area is 181 Å². The first-order valence-corrected chi connectivity index (χ1v) is 10.6. The number of halogens is 2. The zero-order valence-electron chi connectivity index (χ0n) is 16.4. The molecular weight excluding hydrogens is 409 g/mol. The van der Waals surface area contributed by atoms with E-state index in [1.165, 1.54) is 19.3 Å². The number of anilines is 2. The Morgan fingerprint density at radius 1 is 1.03 bits per heavy atom. The van der Waals surface area contributed by atoms with Crippen LogP contribution in [-0.2, 0) is 4.79 Å². The van der Waals surface area contributed by atoms with Crippen molar-refractivity contribution in [1.29, 1.82) is 0 Å². The predicted molar refractivity (Wildman–Crippen MR) is 119 cm³/mol. The van der Waals surface area contributed by atoms with Gasteiger partial charge in [0.25, 0.3) is 5.91 Å². The molecule has 154 valence electrons. The molecular formula is C22H25Cl2N3O2. The highest BCUT2D eigenvalue weighted by atomic mass is 35.5. The highest BCUT2D eigenvalue weighted by molar-refractivity contribution is 6.44. The molecule has 3 N–H and O–H groups in total. The third kappa shape index (κ3) is 5.87. The van der Waals surface area contributed by atoms with Gasteiger partial charge < -0.3 is 16.0 Å². The van der Waals surface area contributed by atoms with Crippen LogP contribution in [-0.4, -0.2) is 24.4 Å². The predicted octanol–water partition coefficient (Wildman–Crippen LogP) is 5.41. The van der Waals surface area contributed by atoms with Gasteiger partial charge in [0, 0.05) is 17.3 Å². The van der Waals surface area contributed by atoms with Crippen LogP contribution >= 0.6 is 23.2 Å². The van der Waals surface area contributed by atoms with E-state index in [4.69, 9.17) is 23.2 Å². The van der Waals surface area contributed by atoms with Gasteiger partial charge >= 0.3 is 0 Å². The average Bonchev–Trinajstić information content (AvgIpc) is 2.71. The monoisotopic (exact) mass is 433 g/mol. The summed E-state index contributed by atoms with van der Waals surface area (Å²) in [4.78, 5) is 24.7. The lowest BCUT2D eigenvalue weighted by molar-refractivity contribution is -0.114. The third-order valence-electron chi connectivity index (χ3n) is 5.09. The quantitative estimate of drug-likeness (QED) is 0.569. The molecule has 1 fully saturated rings.